The Labute approximate surface area is 153 Å². The summed E-state index contributed by atoms with van der Waals surface area (Å²) >= 11 is 0. The lowest BCUT2D eigenvalue weighted by molar-refractivity contribution is 0.410. The van der Waals surface area contributed by atoms with Gasteiger partial charge >= 0.3 is 0 Å². The number of benzene rings is 3. The van der Waals surface area contributed by atoms with E-state index in [0.717, 1.165) is 24.2 Å². The predicted octanol–water partition coefficient (Wildman–Crippen LogP) is 5.47. The first-order valence-electron chi connectivity index (χ1n) is 8.85. The zero-order valence-corrected chi connectivity index (χ0v) is 14.7. The van der Waals surface area contributed by atoms with E-state index in [4.69, 9.17) is 9.73 Å². The molecule has 3 nitrogen and oxygen atoms in total. The van der Waals surface area contributed by atoms with Crippen LogP contribution in [0.3, 0.4) is 0 Å². The number of rotatable bonds is 4. The summed E-state index contributed by atoms with van der Waals surface area (Å²) < 4.78 is 5.75. The molecule has 0 fully saturated rings. The van der Waals surface area contributed by atoms with Gasteiger partial charge in [0, 0.05) is 18.2 Å². The SMILES string of the molecule is Cc1ccc(C2=NCC(c3ccc(Oc4ccccc4)c(O)c3)C2)cc1. The number of hydrogen-bond donors (Lipinski definition) is 1. The van der Waals surface area contributed by atoms with Crippen LogP contribution in [0.4, 0.5) is 0 Å². The van der Waals surface area contributed by atoms with Gasteiger partial charge in [0.2, 0.25) is 0 Å². The van der Waals surface area contributed by atoms with Crippen molar-refractivity contribution in [3.63, 3.8) is 0 Å². The Morgan fingerprint density at radius 3 is 2.46 bits per heavy atom. The van der Waals surface area contributed by atoms with Crippen LogP contribution in [0.1, 0.15) is 29.0 Å². The molecule has 3 aromatic rings. The second kappa shape index (κ2) is 7.04. The predicted molar refractivity (Wildman–Crippen MR) is 105 cm³/mol. The van der Waals surface area contributed by atoms with Crippen molar-refractivity contribution in [2.75, 3.05) is 6.54 Å². The zero-order chi connectivity index (χ0) is 17.9. The summed E-state index contributed by atoms with van der Waals surface area (Å²) in [6.07, 6.45) is 0.890. The average molecular weight is 343 g/mol. The van der Waals surface area contributed by atoms with Crippen molar-refractivity contribution in [3.05, 3.63) is 89.5 Å². The quantitative estimate of drug-likeness (QED) is 0.682. The van der Waals surface area contributed by atoms with Gasteiger partial charge in [-0.2, -0.15) is 0 Å². The minimum absolute atomic E-state index is 0.162. The molecule has 3 aromatic carbocycles. The van der Waals surface area contributed by atoms with Crippen LogP contribution in [0, 0.1) is 6.92 Å². The van der Waals surface area contributed by atoms with Gasteiger partial charge in [-0.05, 0) is 48.7 Å². The topological polar surface area (TPSA) is 41.8 Å². The minimum Gasteiger partial charge on any atom is -0.504 e. The van der Waals surface area contributed by atoms with E-state index in [1.165, 1.54) is 11.1 Å². The number of nitrogens with zero attached hydrogens (tertiary/aromatic N) is 1. The summed E-state index contributed by atoms with van der Waals surface area (Å²) in [7, 11) is 0. The monoisotopic (exact) mass is 343 g/mol. The third-order valence-corrected chi connectivity index (χ3v) is 4.75. The van der Waals surface area contributed by atoms with Crippen molar-refractivity contribution in [1.82, 2.24) is 0 Å². The van der Waals surface area contributed by atoms with Crippen molar-refractivity contribution in [1.29, 1.82) is 0 Å². The van der Waals surface area contributed by atoms with Crippen molar-refractivity contribution in [2.24, 2.45) is 4.99 Å². The Bertz CT molecular complexity index is 930. The smallest absolute Gasteiger partial charge is 0.169 e. The van der Waals surface area contributed by atoms with Crippen LogP contribution in [0.2, 0.25) is 0 Å². The molecule has 0 spiro atoms. The van der Waals surface area contributed by atoms with Gasteiger partial charge in [-0.25, -0.2) is 0 Å². The lowest BCUT2D eigenvalue weighted by Gasteiger charge is -2.13. The lowest BCUT2D eigenvalue weighted by atomic mass is 9.93. The molecule has 0 aromatic heterocycles. The molecule has 0 radical (unpaired) electrons. The van der Waals surface area contributed by atoms with Gasteiger partial charge in [0.25, 0.3) is 0 Å². The Balaban J connectivity index is 1.47. The van der Waals surface area contributed by atoms with Gasteiger partial charge in [-0.3, -0.25) is 4.99 Å². The molecule has 1 aliphatic heterocycles. The molecule has 1 unspecified atom stereocenters. The summed E-state index contributed by atoms with van der Waals surface area (Å²) in [5.74, 6) is 1.64. The van der Waals surface area contributed by atoms with Crippen LogP contribution in [0.15, 0.2) is 77.8 Å². The number of phenolic OH excluding ortho intramolecular Hbond substituents is 1. The maximum Gasteiger partial charge on any atom is 0.169 e. The van der Waals surface area contributed by atoms with Crippen molar-refractivity contribution in [2.45, 2.75) is 19.3 Å². The number of aryl methyl sites for hydroxylation is 1. The summed E-state index contributed by atoms with van der Waals surface area (Å²) in [6.45, 7) is 2.84. The van der Waals surface area contributed by atoms with Crippen LogP contribution < -0.4 is 4.74 Å². The molecule has 0 saturated heterocycles. The molecule has 1 atom stereocenters. The van der Waals surface area contributed by atoms with E-state index in [-0.39, 0.29) is 5.75 Å². The van der Waals surface area contributed by atoms with Gasteiger partial charge in [-0.1, -0.05) is 54.1 Å². The molecule has 0 aliphatic carbocycles. The molecule has 1 aliphatic rings. The average Bonchev–Trinajstić information content (AvgIpc) is 3.15. The number of hydrogen-bond acceptors (Lipinski definition) is 3. The summed E-state index contributed by atoms with van der Waals surface area (Å²) in [4.78, 5) is 4.72. The minimum atomic E-state index is 0.162. The first-order valence-corrected chi connectivity index (χ1v) is 8.85. The van der Waals surface area contributed by atoms with E-state index in [2.05, 4.69) is 31.2 Å². The second-order valence-electron chi connectivity index (χ2n) is 6.70. The molecule has 0 bridgehead atoms. The maximum absolute atomic E-state index is 10.4. The fourth-order valence-corrected chi connectivity index (χ4v) is 3.25. The van der Waals surface area contributed by atoms with Crippen molar-refractivity contribution >= 4 is 5.71 Å². The van der Waals surface area contributed by atoms with Gasteiger partial charge in [-0.15, -0.1) is 0 Å². The fourth-order valence-electron chi connectivity index (χ4n) is 3.25. The van der Waals surface area contributed by atoms with Crippen molar-refractivity contribution < 1.29 is 9.84 Å². The molecule has 4 rings (SSSR count). The van der Waals surface area contributed by atoms with Gasteiger partial charge < -0.3 is 9.84 Å². The highest BCUT2D eigenvalue weighted by Crippen LogP contribution is 2.36. The Morgan fingerprint density at radius 1 is 0.962 bits per heavy atom. The normalized spacial score (nSPS) is 16.3. The highest BCUT2D eigenvalue weighted by atomic mass is 16.5. The fraction of sp³-hybridized carbons (Fsp3) is 0.174. The van der Waals surface area contributed by atoms with Crippen LogP contribution in [0.25, 0.3) is 0 Å². The maximum atomic E-state index is 10.4. The summed E-state index contributed by atoms with van der Waals surface area (Å²) in [6, 6.07) is 23.6. The van der Waals surface area contributed by atoms with E-state index in [1.807, 2.05) is 42.5 Å². The molecular formula is C23H21NO2. The number of aliphatic imine (C=N–C) groups is 1. The van der Waals surface area contributed by atoms with Crippen molar-refractivity contribution in [3.8, 4) is 17.2 Å². The van der Waals surface area contributed by atoms with Crippen LogP contribution in [0.5, 0.6) is 17.2 Å². The number of para-hydroxylation sites is 1. The van der Waals surface area contributed by atoms with E-state index in [1.54, 1.807) is 6.07 Å². The van der Waals surface area contributed by atoms with Crippen LogP contribution in [-0.4, -0.2) is 17.4 Å². The molecule has 3 heteroatoms. The van der Waals surface area contributed by atoms with Crippen LogP contribution >= 0.6 is 0 Å². The third kappa shape index (κ3) is 3.47. The molecule has 1 heterocycles. The first kappa shape index (κ1) is 16.4. The van der Waals surface area contributed by atoms with Gasteiger partial charge in [0.15, 0.2) is 11.5 Å². The Kier molecular flexibility index (Phi) is 4.44. The highest BCUT2D eigenvalue weighted by molar-refractivity contribution is 6.02. The molecule has 26 heavy (non-hydrogen) atoms. The van der Waals surface area contributed by atoms with Crippen LogP contribution in [-0.2, 0) is 0 Å². The Hall–Kier alpha value is -3.07. The van der Waals surface area contributed by atoms with E-state index in [9.17, 15) is 5.11 Å². The summed E-state index contributed by atoms with van der Waals surface area (Å²) in [5.41, 5.74) is 4.67. The van der Waals surface area contributed by atoms with E-state index < -0.39 is 0 Å². The standard InChI is InChI=1S/C23H21NO2/c1-16-7-9-17(10-8-16)21-13-19(15-24-21)18-11-12-23(22(25)14-18)26-20-5-3-2-4-6-20/h2-12,14,19,25H,13,15H2,1H3. The number of aromatic hydroxyl groups is 1. The zero-order valence-electron chi connectivity index (χ0n) is 14.7. The molecule has 0 saturated carbocycles. The number of phenols is 1. The second-order valence-corrected chi connectivity index (χ2v) is 6.70. The molecule has 1 N–H and O–H groups in total. The molecular weight excluding hydrogens is 322 g/mol. The van der Waals surface area contributed by atoms with Gasteiger partial charge in [0.1, 0.15) is 5.75 Å². The van der Waals surface area contributed by atoms with E-state index >= 15 is 0 Å². The highest BCUT2D eigenvalue weighted by Gasteiger charge is 2.22. The third-order valence-electron chi connectivity index (χ3n) is 4.75. The molecule has 0 amide bonds. The Morgan fingerprint density at radius 2 is 1.73 bits per heavy atom. The van der Waals surface area contributed by atoms with Gasteiger partial charge in [0.05, 0.1) is 0 Å². The lowest BCUT2D eigenvalue weighted by Crippen LogP contribution is -2.02. The molecule has 130 valence electrons. The summed E-state index contributed by atoms with van der Waals surface area (Å²) in [5, 5.41) is 10.4. The first-order chi connectivity index (χ1) is 12.7. The number of ether oxygens (including phenoxy) is 1. The van der Waals surface area contributed by atoms with E-state index in [0.29, 0.717) is 17.4 Å². The largest absolute Gasteiger partial charge is 0.504 e.